The Bertz CT molecular complexity index is 823. The summed E-state index contributed by atoms with van der Waals surface area (Å²) in [5.41, 5.74) is 1.43. The van der Waals surface area contributed by atoms with Gasteiger partial charge in [-0.1, -0.05) is 42.5 Å². The molecule has 0 heterocycles. The second-order valence-corrected chi connectivity index (χ2v) is 6.15. The monoisotopic (exact) mass is 384 g/mol. The number of carbonyl (C=O) groups excluding carboxylic acids is 3. The number of hydrogen-bond donors (Lipinski definition) is 2. The van der Waals surface area contributed by atoms with Crippen molar-refractivity contribution in [2.45, 2.75) is 33.0 Å². The summed E-state index contributed by atoms with van der Waals surface area (Å²) in [5.74, 6) is -0.942. The third-order valence-electron chi connectivity index (χ3n) is 3.78. The fourth-order valence-electron chi connectivity index (χ4n) is 2.44. The molecule has 0 saturated carbocycles. The summed E-state index contributed by atoms with van der Waals surface area (Å²) in [5, 5.41) is 4.63. The van der Waals surface area contributed by atoms with Crippen LogP contribution >= 0.6 is 0 Å². The maximum Gasteiger partial charge on any atom is 0.348 e. The van der Waals surface area contributed by atoms with Gasteiger partial charge in [0.2, 0.25) is 6.10 Å². The third kappa shape index (κ3) is 6.12. The molecule has 2 aromatic carbocycles. The van der Waals surface area contributed by atoms with Crippen molar-refractivity contribution < 1.29 is 23.9 Å². The van der Waals surface area contributed by atoms with Crippen molar-refractivity contribution in [1.82, 2.24) is 10.6 Å². The predicted octanol–water partition coefficient (Wildman–Crippen LogP) is 2.89. The van der Waals surface area contributed by atoms with Crippen LogP contribution in [0.2, 0.25) is 0 Å². The average molecular weight is 384 g/mol. The third-order valence-corrected chi connectivity index (χ3v) is 3.78. The van der Waals surface area contributed by atoms with Gasteiger partial charge < -0.3 is 14.8 Å². The van der Waals surface area contributed by atoms with Gasteiger partial charge in [-0.05, 0) is 38.5 Å². The molecule has 0 saturated heterocycles. The molecule has 0 aliphatic carbocycles. The van der Waals surface area contributed by atoms with Gasteiger partial charge in [-0.3, -0.25) is 10.1 Å². The zero-order valence-electron chi connectivity index (χ0n) is 16.1. The van der Waals surface area contributed by atoms with E-state index in [9.17, 15) is 14.4 Å². The van der Waals surface area contributed by atoms with Crippen molar-refractivity contribution in [3.8, 4) is 5.75 Å². The van der Waals surface area contributed by atoms with E-state index in [1.165, 1.54) is 6.92 Å². The lowest BCUT2D eigenvalue weighted by Gasteiger charge is -2.20. The van der Waals surface area contributed by atoms with Gasteiger partial charge in [-0.25, -0.2) is 9.59 Å². The molecule has 28 heavy (non-hydrogen) atoms. The molecule has 0 aliphatic rings. The lowest BCUT2D eigenvalue weighted by atomic mass is 10.1. The van der Waals surface area contributed by atoms with Gasteiger partial charge in [-0.2, -0.15) is 0 Å². The number of hydrogen-bond acceptors (Lipinski definition) is 5. The first-order valence-corrected chi connectivity index (χ1v) is 8.98. The van der Waals surface area contributed by atoms with E-state index in [-0.39, 0.29) is 0 Å². The predicted molar refractivity (Wildman–Crippen MR) is 104 cm³/mol. The number of imide groups is 1. The summed E-state index contributed by atoms with van der Waals surface area (Å²) in [6.45, 7) is 5.53. The number of amides is 3. The van der Waals surface area contributed by atoms with Crippen molar-refractivity contribution in [2.75, 3.05) is 6.54 Å². The van der Waals surface area contributed by atoms with E-state index in [1.807, 2.05) is 19.1 Å². The Hall–Kier alpha value is -3.35. The van der Waals surface area contributed by atoms with Crippen LogP contribution < -0.4 is 15.4 Å². The van der Waals surface area contributed by atoms with Crippen LogP contribution in [0.3, 0.4) is 0 Å². The molecule has 2 aromatic rings. The highest BCUT2D eigenvalue weighted by atomic mass is 16.6. The molecule has 0 radical (unpaired) electrons. The highest BCUT2D eigenvalue weighted by Gasteiger charge is 2.29. The van der Waals surface area contributed by atoms with E-state index in [0.717, 1.165) is 5.56 Å². The van der Waals surface area contributed by atoms with Gasteiger partial charge in [-0.15, -0.1) is 0 Å². The number of aryl methyl sites for hydroxylation is 1. The van der Waals surface area contributed by atoms with Crippen LogP contribution in [-0.4, -0.2) is 30.6 Å². The van der Waals surface area contributed by atoms with E-state index in [2.05, 4.69) is 10.6 Å². The number of benzene rings is 2. The Morgan fingerprint density at radius 2 is 1.75 bits per heavy atom. The van der Waals surface area contributed by atoms with E-state index < -0.39 is 30.1 Å². The molecule has 0 bridgehead atoms. The molecule has 0 unspecified atom stereocenters. The first-order valence-electron chi connectivity index (χ1n) is 8.98. The molecule has 7 nitrogen and oxygen atoms in total. The first kappa shape index (κ1) is 21.0. The molecule has 7 heteroatoms. The number of nitrogens with one attached hydrogen (secondary N) is 2. The van der Waals surface area contributed by atoms with Crippen LogP contribution in [0, 0.1) is 6.92 Å². The largest absolute Gasteiger partial charge is 0.479 e. The highest BCUT2D eigenvalue weighted by Crippen LogP contribution is 2.20. The fourth-order valence-corrected chi connectivity index (χ4v) is 2.44. The molecular formula is C21H24N2O5. The Morgan fingerprint density at radius 1 is 1.04 bits per heavy atom. The number of rotatable bonds is 7. The Balaban J connectivity index is 2.11. The van der Waals surface area contributed by atoms with E-state index in [4.69, 9.17) is 9.47 Å². The van der Waals surface area contributed by atoms with Crippen LogP contribution in [0.5, 0.6) is 5.75 Å². The zero-order valence-corrected chi connectivity index (χ0v) is 16.1. The smallest absolute Gasteiger partial charge is 0.348 e. The summed E-state index contributed by atoms with van der Waals surface area (Å²) >= 11 is 0. The molecule has 3 amide bonds. The molecule has 0 aliphatic heterocycles. The Morgan fingerprint density at radius 3 is 2.39 bits per heavy atom. The van der Waals surface area contributed by atoms with Gasteiger partial charge in [0.05, 0.1) is 0 Å². The molecule has 2 N–H and O–H groups in total. The molecule has 0 fully saturated rings. The second kappa shape index (κ2) is 10.1. The molecule has 0 aromatic heterocycles. The zero-order chi connectivity index (χ0) is 20.5. The van der Waals surface area contributed by atoms with Crippen LogP contribution in [0.25, 0.3) is 0 Å². The lowest BCUT2D eigenvalue weighted by molar-refractivity contribution is -0.162. The fraction of sp³-hybridized carbons (Fsp3) is 0.286. The molecule has 0 spiro atoms. The van der Waals surface area contributed by atoms with Gasteiger partial charge in [0.15, 0.2) is 6.10 Å². The summed E-state index contributed by atoms with van der Waals surface area (Å²) in [6, 6.07) is 15.1. The number of urea groups is 1. The minimum Gasteiger partial charge on any atom is -0.479 e. The van der Waals surface area contributed by atoms with Crippen molar-refractivity contribution >= 4 is 17.9 Å². The SMILES string of the molecule is CCNC(=O)NC(=O)[C@@H](OC(=O)[C@@H](C)Oc1cccc(C)c1)c1ccccc1. The molecule has 2 rings (SSSR count). The normalized spacial score (nSPS) is 12.4. The standard InChI is InChI=1S/C21H24N2O5/c1-4-22-21(26)23-19(24)18(16-10-6-5-7-11-16)28-20(25)15(3)27-17-12-8-9-14(2)13-17/h5-13,15,18H,4H2,1-3H3,(H2,22,23,24,26)/t15-,18+/m1/s1. The van der Waals surface area contributed by atoms with Gasteiger partial charge in [0, 0.05) is 12.1 Å². The van der Waals surface area contributed by atoms with Crippen molar-refractivity contribution in [1.29, 1.82) is 0 Å². The number of esters is 1. The average Bonchev–Trinajstić information content (AvgIpc) is 2.66. The maximum absolute atomic E-state index is 12.5. The summed E-state index contributed by atoms with van der Waals surface area (Å²) in [6.07, 6.45) is -2.22. The second-order valence-electron chi connectivity index (χ2n) is 6.15. The lowest BCUT2D eigenvalue weighted by Crippen LogP contribution is -2.43. The van der Waals surface area contributed by atoms with Crippen LogP contribution in [0.4, 0.5) is 4.79 Å². The Kier molecular flexibility index (Phi) is 7.56. The number of ether oxygens (including phenoxy) is 2. The molecule has 148 valence electrons. The number of carbonyl (C=O) groups is 3. The maximum atomic E-state index is 12.5. The molecular weight excluding hydrogens is 360 g/mol. The van der Waals surface area contributed by atoms with Gasteiger partial charge in [0.1, 0.15) is 5.75 Å². The topological polar surface area (TPSA) is 93.7 Å². The summed E-state index contributed by atoms with van der Waals surface area (Å²) in [7, 11) is 0. The van der Waals surface area contributed by atoms with E-state index in [1.54, 1.807) is 49.4 Å². The van der Waals surface area contributed by atoms with Gasteiger partial charge >= 0.3 is 12.0 Å². The highest BCUT2D eigenvalue weighted by molar-refractivity contribution is 5.97. The van der Waals surface area contributed by atoms with E-state index in [0.29, 0.717) is 17.9 Å². The van der Waals surface area contributed by atoms with Crippen molar-refractivity contribution in [2.24, 2.45) is 0 Å². The minimum atomic E-state index is -1.28. The van der Waals surface area contributed by atoms with Crippen LogP contribution in [0.15, 0.2) is 54.6 Å². The first-order chi connectivity index (χ1) is 13.4. The minimum absolute atomic E-state index is 0.357. The summed E-state index contributed by atoms with van der Waals surface area (Å²) < 4.78 is 11.0. The van der Waals surface area contributed by atoms with Gasteiger partial charge in [0.25, 0.3) is 5.91 Å². The quantitative estimate of drug-likeness (QED) is 0.716. The van der Waals surface area contributed by atoms with Crippen molar-refractivity contribution in [3.63, 3.8) is 0 Å². The van der Waals surface area contributed by atoms with Crippen LogP contribution in [0.1, 0.15) is 31.1 Å². The van der Waals surface area contributed by atoms with E-state index >= 15 is 0 Å². The molecule has 2 atom stereocenters. The van der Waals surface area contributed by atoms with Crippen molar-refractivity contribution in [3.05, 3.63) is 65.7 Å². The van der Waals surface area contributed by atoms with Crippen LogP contribution in [-0.2, 0) is 14.3 Å². The summed E-state index contributed by atoms with van der Waals surface area (Å²) in [4.78, 5) is 36.7. The Labute approximate surface area is 164 Å².